The first-order valence-electron chi connectivity index (χ1n) is 10.7. The molecule has 2 amide bonds. The van der Waals surface area contributed by atoms with Crippen molar-refractivity contribution >= 4 is 23.4 Å². The number of aryl methyl sites for hydroxylation is 1. The summed E-state index contributed by atoms with van der Waals surface area (Å²) in [5, 5.41) is 3.22. The van der Waals surface area contributed by atoms with Gasteiger partial charge in [-0.2, -0.15) is 0 Å². The molecule has 1 fully saturated rings. The standard InChI is InChI=1S/C25H31ClN2O2/c1-18-8-12-21(13-9-18)24(25(30)27-22-14-10-19(2)11-15-22)28(23(29)16-26)17-20-6-4-3-5-7-20/h3-9,12-13,19,22,24H,10-11,14-17H2,1-2H3,(H,27,30). The van der Waals surface area contributed by atoms with Crippen molar-refractivity contribution in [1.82, 2.24) is 10.2 Å². The predicted octanol–water partition coefficient (Wildman–Crippen LogP) is 5.00. The number of nitrogens with one attached hydrogen (secondary N) is 1. The summed E-state index contributed by atoms with van der Waals surface area (Å²) in [7, 11) is 0. The number of amides is 2. The summed E-state index contributed by atoms with van der Waals surface area (Å²) < 4.78 is 0. The zero-order valence-electron chi connectivity index (χ0n) is 17.8. The Kier molecular flexibility index (Phi) is 7.92. The van der Waals surface area contributed by atoms with Gasteiger partial charge in [-0.3, -0.25) is 9.59 Å². The molecule has 1 unspecified atom stereocenters. The van der Waals surface area contributed by atoms with Crippen molar-refractivity contribution < 1.29 is 9.59 Å². The van der Waals surface area contributed by atoms with Gasteiger partial charge in [0.1, 0.15) is 11.9 Å². The van der Waals surface area contributed by atoms with Gasteiger partial charge in [0.05, 0.1) is 0 Å². The zero-order chi connectivity index (χ0) is 21.5. The smallest absolute Gasteiger partial charge is 0.247 e. The summed E-state index contributed by atoms with van der Waals surface area (Å²) in [6.07, 6.45) is 4.20. The number of nitrogens with zero attached hydrogens (tertiary/aromatic N) is 1. The number of carbonyl (C=O) groups is 2. The second-order valence-corrected chi connectivity index (χ2v) is 8.69. The lowest BCUT2D eigenvalue weighted by Gasteiger charge is -2.34. The summed E-state index contributed by atoms with van der Waals surface area (Å²) in [6.45, 7) is 4.60. The van der Waals surface area contributed by atoms with E-state index in [9.17, 15) is 9.59 Å². The third-order valence-electron chi connectivity index (χ3n) is 5.95. The van der Waals surface area contributed by atoms with E-state index in [1.807, 2.05) is 61.5 Å². The van der Waals surface area contributed by atoms with E-state index in [0.717, 1.165) is 42.4 Å². The highest BCUT2D eigenvalue weighted by atomic mass is 35.5. The van der Waals surface area contributed by atoms with E-state index in [-0.39, 0.29) is 23.7 Å². The maximum Gasteiger partial charge on any atom is 0.247 e. The van der Waals surface area contributed by atoms with Crippen LogP contribution in [0.15, 0.2) is 54.6 Å². The molecule has 2 aromatic rings. The molecule has 160 valence electrons. The number of alkyl halides is 1. The molecular formula is C25H31ClN2O2. The molecular weight excluding hydrogens is 396 g/mol. The van der Waals surface area contributed by atoms with Crippen LogP contribution in [0.5, 0.6) is 0 Å². The van der Waals surface area contributed by atoms with Gasteiger partial charge in [0, 0.05) is 12.6 Å². The van der Waals surface area contributed by atoms with Gasteiger partial charge < -0.3 is 10.2 Å². The third-order valence-corrected chi connectivity index (χ3v) is 6.17. The molecule has 1 N–H and O–H groups in total. The highest BCUT2D eigenvalue weighted by Gasteiger charge is 2.33. The van der Waals surface area contributed by atoms with Crippen LogP contribution in [-0.2, 0) is 16.1 Å². The maximum absolute atomic E-state index is 13.5. The molecule has 30 heavy (non-hydrogen) atoms. The van der Waals surface area contributed by atoms with Crippen LogP contribution >= 0.6 is 11.6 Å². The van der Waals surface area contributed by atoms with Crippen LogP contribution in [-0.4, -0.2) is 28.6 Å². The van der Waals surface area contributed by atoms with Crippen LogP contribution < -0.4 is 5.32 Å². The van der Waals surface area contributed by atoms with Gasteiger partial charge in [-0.1, -0.05) is 67.1 Å². The second-order valence-electron chi connectivity index (χ2n) is 8.42. The summed E-state index contributed by atoms with van der Waals surface area (Å²) in [5.74, 6) is 0.161. The van der Waals surface area contributed by atoms with Gasteiger partial charge in [-0.05, 0) is 49.7 Å². The quantitative estimate of drug-likeness (QED) is 0.633. The lowest BCUT2D eigenvalue weighted by molar-refractivity contribution is -0.140. The maximum atomic E-state index is 13.5. The largest absolute Gasteiger partial charge is 0.351 e. The van der Waals surface area contributed by atoms with E-state index in [1.54, 1.807) is 4.90 Å². The van der Waals surface area contributed by atoms with Crippen LogP contribution in [0.1, 0.15) is 55.3 Å². The normalized spacial score (nSPS) is 19.7. The molecule has 0 bridgehead atoms. The predicted molar refractivity (Wildman–Crippen MR) is 121 cm³/mol. The zero-order valence-corrected chi connectivity index (χ0v) is 18.6. The molecule has 0 saturated heterocycles. The molecule has 5 heteroatoms. The number of benzene rings is 2. The lowest BCUT2D eigenvalue weighted by atomic mass is 9.87. The van der Waals surface area contributed by atoms with Crippen molar-refractivity contribution in [3.8, 4) is 0 Å². The fourth-order valence-corrected chi connectivity index (χ4v) is 4.24. The molecule has 0 aromatic heterocycles. The first-order valence-corrected chi connectivity index (χ1v) is 11.3. The SMILES string of the molecule is Cc1ccc(C(C(=O)NC2CCC(C)CC2)N(Cc2ccccc2)C(=O)CCl)cc1. The third kappa shape index (κ3) is 5.85. The van der Waals surface area contributed by atoms with Crippen LogP contribution in [0.25, 0.3) is 0 Å². The number of rotatable bonds is 7. The molecule has 1 aliphatic rings. The fraction of sp³-hybridized carbons (Fsp3) is 0.440. The number of halogens is 1. The summed E-state index contributed by atoms with van der Waals surface area (Å²) in [6, 6.07) is 17.0. The molecule has 0 radical (unpaired) electrons. The van der Waals surface area contributed by atoms with Crippen LogP contribution in [0.4, 0.5) is 0 Å². The van der Waals surface area contributed by atoms with Gasteiger partial charge in [0.15, 0.2) is 0 Å². The molecule has 1 saturated carbocycles. The van der Waals surface area contributed by atoms with E-state index in [4.69, 9.17) is 11.6 Å². The summed E-state index contributed by atoms with van der Waals surface area (Å²) in [4.78, 5) is 27.9. The molecule has 1 aliphatic carbocycles. The highest BCUT2D eigenvalue weighted by Crippen LogP contribution is 2.27. The van der Waals surface area contributed by atoms with Crippen LogP contribution in [0.2, 0.25) is 0 Å². The minimum atomic E-state index is -0.712. The molecule has 3 rings (SSSR count). The topological polar surface area (TPSA) is 49.4 Å². The van der Waals surface area contributed by atoms with E-state index < -0.39 is 6.04 Å². The fourth-order valence-electron chi connectivity index (χ4n) is 4.09. The van der Waals surface area contributed by atoms with E-state index in [1.165, 1.54) is 0 Å². The minimum Gasteiger partial charge on any atom is -0.351 e. The Labute approximate surface area is 184 Å². The Morgan fingerprint density at radius 3 is 2.27 bits per heavy atom. The van der Waals surface area contributed by atoms with Crippen LogP contribution in [0.3, 0.4) is 0 Å². The first-order chi connectivity index (χ1) is 14.5. The van der Waals surface area contributed by atoms with Crippen molar-refractivity contribution in [1.29, 1.82) is 0 Å². The molecule has 4 nitrogen and oxygen atoms in total. The van der Waals surface area contributed by atoms with Crippen molar-refractivity contribution in [2.75, 3.05) is 5.88 Å². The van der Waals surface area contributed by atoms with Gasteiger partial charge in [0.2, 0.25) is 11.8 Å². The van der Waals surface area contributed by atoms with Gasteiger partial charge in [0.25, 0.3) is 0 Å². The number of carbonyl (C=O) groups excluding carboxylic acids is 2. The van der Waals surface area contributed by atoms with Crippen molar-refractivity contribution in [2.24, 2.45) is 5.92 Å². The van der Waals surface area contributed by atoms with Crippen molar-refractivity contribution in [2.45, 2.75) is 58.2 Å². The van der Waals surface area contributed by atoms with E-state index >= 15 is 0 Å². The Morgan fingerprint density at radius 1 is 1.03 bits per heavy atom. The number of hydrogen-bond donors (Lipinski definition) is 1. The summed E-state index contributed by atoms with van der Waals surface area (Å²) >= 11 is 5.96. The van der Waals surface area contributed by atoms with Crippen molar-refractivity contribution in [3.63, 3.8) is 0 Å². The van der Waals surface area contributed by atoms with Crippen molar-refractivity contribution in [3.05, 3.63) is 71.3 Å². The first kappa shape index (κ1) is 22.4. The van der Waals surface area contributed by atoms with E-state index in [2.05, 4.69) is 12.2 Å². The van der Waals surface area contributed by atoms with Gasteiger partial charge in [-0.15, -0.1) is 11.6 Å². The highest BCUT2D eigenvalue weighted by molar-refractivity contribution is 6.27. The summed E-state index contributed by atoms with van der Waals surface area (Å²) in [5.41, 5.74) is 2.88. The molecule has 1 atom stereocenters. The molecule has 0 aliphatic heterocycles. The average molecular weight is 427 g/mol. The lowest BCUT2D eigenvalue weighted by Crippen LogP contribution is -2.47. The molecule has 0 heterocycles. The molecule has 0 spiro atoms. The average Bonchev–Trinajstić information content (AvgIpc) is 2.76. The minimum absolute atomic E-state index is 0.132. The van der Waals surface area contributed by atoms with Gasteiger partial charge in [-0.25, -0.2) is 0 Å². The van der Waals surface area contributed by atoms with E-state index in [0.29, 0.717) is 12.5 Å². The Hall–Kier alpha value is -2.33. The Bertz CT molecular complexity index is 830. The van der Waals surface area contributed by atoms with Crippen LogP contribution in [0, 0.1) is 12.8 Å². The Balaban J connectivity index is 1.90. The van der Waals surface area contributed by atoms with Gasteiger partial charge >= 0.3 is 0 Å². The second kappa shape index (κ2) is 10.6. The molecule has 2 aromatic carbocycles. The Morgan fingerprint density at radius 2 is 1.67 bits per heavy atom. The monoisotopic (exact) mass is 426 g/mol. The number of hydrogen-bond acceptors (Lipinski definition) is 2.